The van der Waals surface area contributed by atoms with Gasteiger partial charge in [-0.3, -0.25) is 0 Å². The van der Waals surface area contributed by atoms with Gasteiger partial charge < -0.3 is 73.1 Å². The summed E-state index contributed by atoms with van der Waals surface area (Å²) in [6.07, 6.45) is -12.8. The summed E-state index contributed by atoms with van der Waals surface area (Å²) < 4.78 is 22.8. The third kappa shape index (κ3) is 5.52. The van der Waals surface area contributed by atoms with E-state index in [-0.39, 0.29) is 18.3 Å². The zero-order chi connectivity index (χ0) is 24.6. The molecule has 15 heteroatoms. The van der Waals surface area contributed by atoms with Crippen molar-refractivity contribution in [3.05, 3.63) is 0 Å². The summed E-state index contributed by atoms with van der Waals surface area (Å²) in [6, 6.07) is -3.68. The Balaban J connectivity index is 1.72. The van der Waals surface area contributed by atoms with E-state index in [1.165, 1.54) is 0 Å². The van der Waals surface area contributed by atoms with Crippen molar-refractivity contribution in [2.75, 3.05) is 11.9 Å². The van der Waals surface area contributed by atoms with Crippen LogP contribution in [0.15, 0.2) is 0 Å². The third-order valence-electron chi connectivity index (χ3n) is 6.53. The summed E-state index contributed by atoms with van der Waals surface area (Å²) in [5, 5.41) is 52.0. The Morgan fingerprint density at radius 1 is 0.697 bits per heavy atom. The molecule has 0 aromatic heterocycles. The molecule has 14 nitrogen and oxygen atoms in total. The van der Waals surface area contributed by atoms with Crippen molar-refractivity contribution in [2.24, 2.45) is 28.7 Å². The molecule has 2 aliphatic heterocycles. The number of ether oxygens (including phenoxy) is 4. The molecule has 2 heterocycles. The SMILES string of the molecule is NCC1OC(OC2C(N)CC(N)C(OC3OC(CBr)C(O)C(N)C3O)C2O)C(N)C(O)C1O. The number of hydrogen-bond donors (Lipinski definition) is 10. The number of nitrogens with two attached hydrogens (primary N) is 5. The van der Waals surface area contributed by atoms with E-state index in [9.17, 15) is 25.5 Å². The van der Waals surface area contributed by atoms with E-state index in [4.69, 9.17) is 47.6 Å². The van der Waals surface area contributed by atoms with Crippen LogP contribution in [0.3, 0.4) is 0 Å². The molecule has 1 saturated carbocycles. The standard InChI is InChI=1S/C18H36BrN5O9/c19-2-6-10(25)8(23)13(28)18(30-6)33-16-5(22)1-4(21)15(14(16)29)32-17-9(24)12(27)11(26)7(3-20)31-17/h4-18,25-29H,1-3,20-24H2. The Morgan fingerprint density at radius 3 is 1.79 bits per heavy atom. The van der Waals surface area contributed by atoms with Gasteiger partial charge >= 0.3 is 0 Å². The second kappa shape index (κ2) is 11.3. The van der Waals surface area contributed by atoms with Gasteiger partial charge in [0.25, 0.3) is 0 Å². The minimum atomic E-state index is -1.40. The number of aliphatic hydroxyl groups excluding tert-OH is 5. The van der Waals surface area contributed by atoms with E-state index in [1.807, 2.05) is 0 Å². The molecular formula is C18H36BrN5O9. The van der Waals surface area contributed by atoms with Gasteiger partial charge in [-0.05, 0) is 6.42 Å². The lowest BCUT2D eigenvalue weighted by molar-refractivity contribution is -0.314. The van der Waals surface area contributed by atoms with Crippen LogP contribution in [-0.2, 0) is 18.9 Å². The van der Waals surface area contributed by atoms with Crippen LogP contribution >= 0.6 is 15.9 Å². The predicted octanol–water partition coefficient (Wildman–Crippen LogP) is -5.92. The normalized spacial score (nSPS) is 53.7. The zero-order valence-electron chi connectivity index (χ0n) is 17.9. The Morgan fingerprint density at radius 2 is 1.24 bits per heavy atom. The minimum absolute atomic E-state index is 0.0988. The molecule has 15 unspecified atom stereocenters. The van der Waals surface area contributed by atoms with Crippen LogP contribution in [0.1, 0.15) is 6.42 Å². The molecule has 0 bridgehead atoms. The topological polar surface area (TPSA) is 268 Å². The lowest BCUT2D eigenvalue weighted by Crippen LogP contribution is -2.69. The van der Waals surface area contributed by atoms with Crippen LogP contribution in [0.4, 0.5) is 0 Å². The predicted molar refractivity (Wildman–Crippen MR) is 116 cm³/mol. The van der Waals surface area contributed by atoms with Crippen molar-refractivity contribution in [3.8, 4) is 0 Å². The molecule has 15 atom stereocenters. The fourth-order valence-electron chi connectivity index (χ4n) is 4.42. The number of halogens is 1. The first-order valence-electron chi connectivity index (χ1n) is 10.8. The first-order valence-corrected chi connectivity index (χ1v) is 11.9. The fraction of sp³-hybridized carbons (Fsp3) is 1.00. The van der Waals surface area contributed by atoms with Gasteiger partial charge in [0.05, 0.1) is 24.3 Å². The zero-order valence-corrected chi connectivity index (χ0v) is 19.5. The molecule has 1 aliphatic carbocycles. The Hall–Kier alpha value is -0.0800. The molecule has 0 aromatic rings. The molecule has 3 rings (SSSR count). The molecular weight excluding hydrogens is 510 g/mol. The monoisotopic (exact) mass is 545 g/mol. The summed E-state index contributed by atoms with van der Waals surface area (Å²) in [7, 11) is 0. The highest BCUT2D eigenvalue weighted by atomic mass is 79.9. The molecule has 15 N–H and O–H groups in total. The van der Waals surface area contributed by atoms with Crippen LogP contribution in [0.2, 0.25) is 0 Å². The smallest absolute Gasteiger partial charge is 0.186 e. The molecule has 33 heavy (non-hydrogen) atoms. The van der Waals surface area contributed by atoms with Gasteiger partial charge in [0, 0.05) is 24.0 Å². The van der Waals surface area contributed by atoms with Gasteiger partial charge in [-0.1, -0.05) is 15.9 Å². The van der Waals surface area contributed by atoms with Crippen molar-refractivity contribution in [3.63, 3.8) is 0 Å². The number of rotatable bonds is 6. The molecule has 3 aliphatic rings. The average molecular weight is 546 g/mol. The Bertz CT molecular complexity index is 590. The van der Waals surface area contributed by atoms with Crippen molar-refractivity contribution >= 4 is 15.9 Å². The van der Waals surface area contributed by atoms with Crippen LogP contribution in [0, 0.1) is 0 Å². The second-order valence-electron chi connectivity index (χ2n) is 8.85. The fourth-order valence-corrected chi connectivity index (χ4v) is 4.96. The van der Waals surface area contributed by atoms with E-state index in [2.05, 4.69) is 15.9 Å². The van der Waals surface area contributed by atoms with Gasteiger partial charge in [0.15, 0.2) is 12.6 Å². The van der Waals surface area contributed by atoms with Crippen LogP contribution in [0.5, 0.6) is 0 Å². The highest BCUT2D eigenvalue weighted by Gasteiger charge is 2.51. The average Bonchev–Trinajstić information content (AvgIpc) is 2.79. The minimum Gasteiger partial charge on any atom is -0.389 e. The Kier molecular flexibility index (Phi) is 9.44. The highest BCUT2D eigenvalue weighted by Crippen LogP contribution is 2.31. The molecule has 194 valence electrons. The summed E-state index contributed by atoms with van der Waals surface area (Å²) in [4.78, 5) is 0. The number of aliphatic hydroxyl groups is 5. The molecule has 2 saturated heterocycles. The van der Waals surface area contributed by atoms with E-state index in [0.717, 1.165) is 0 Å². The summed E-state index contributed by atoms with van der Waals surface area (Å²) >= 11 is 3.21. The van der Waals surface area contributed by atoms with Crippen LogP contribution in [0.25, 0.3) is 0 Å². The van der Waals surface area contributed by atoms with Gasteiger partial charge in [-0.15, -0.1) is 0 Å². The Labute approximate surface area is 199 Å². The quantitative estimate of drug-likeness (QED) is 0.139. The largest absolute Gasteiger partial charge is 0.389 e. The molecule has 0 spiro atoms. The number of hydrogen-bond acceptors (Lipinski definition) is 14. The van der Waals surface area contributed by atoms with E-state index >= 15 is 0 Å². The van der Waals surface area contributed by atoms with Gasteiger partial charge in [-0.25, -0.2) is 0 Å². The summed E-state index contributed by atoms with van der Waals surface area (Å²) in [6.45, 7) is -0.0988. The summed E-state index contributed by atoms with van der Waals surface area (Å²) in [5.74, 6) is 0. The van der Waals surface area contributed by atoms with Gasteiger partial charge in [-0.2, -0.15) is 0 Å². The van der Waals surface area contributed by atoms with Gasteiger partial charge in [0.1, 0.15) is 42.7 Å². The second-order valence-corrected chi connectivity index (χ2v) is 9.50. The number of alkyl halides is 1. The molecule has 0 amide bonds. The van der Waals surface area contributed by atoms with Gasteiger partial charge in [0.2, 0.25) is 0 Å². The first kappa shape index (κ1) is 27.5. The van der Waals surface area contributed by atoms with Crippen molar-refractivity contribution in [2.45, 2.75) is 98.1 Å². The van der Waals surface area contributed by atoms with E-state index < -0.39 is 91.7 Å². The maximum absolute atomic E-state index is 11.0. The maximum atomic E-state index is 11.0. The molecule has 0 aromatic carbocycles. The van der Waals surface area contributed by atoms with Crippen LogP contribution < -0.4 is 28.7 Å². The van der Waals surface area contributed by atoms with Crippen molar-refractivity contribution in [1.29, 1.82) is 0 Å². The highest BCUT2D eigenvalue weighted by molar-refractivity contribution is 9.09. The van der Waals surface area contributed by atoms with E-state index in [1.54, 1.807) is 0 Å². The van der Waals surface area contributed by atoms with Crippen LogP contribution in [-0.4, -0.2) is 129 Å². The lowest BCUT2D eigenvalue weighted by Gasteiger charge is -2.48. The molecule has 0 radical (unpaired) electrons. The van der Waals surface area contributed by atoms with Crippen molar-refractivity contribution in [1.82, 2.24) is 0 Å². The van der Waals surface area contributed by atoms with Crippen molar-refractivity contribution < 1.29 is 44.5 Å². The maximum Gasteiger partial charge on any atom is 0.186 e. The van der Waals surface area contributed by atoms with E-state index in [0.29, 0.717) is 0 Å². The lowest BCUT2D eigenvalue weighted by atomic mass is 9.84. The summed E-state index contributed by atoms with van der Waals surface area (Å²) in [5.41, 5.74) is 29.7. The molecule has 3 fully saturated rings. The first-order chi connectivity index (χ1) is 15.5. The third-order valence-corrected chi connectivity index (χ3v) is 7.17.